The predicted octanol–water partition coefficient (Wildman–Crippen LogP) is 4.05. The van der Waals surface area contributed by atoms with Crippen LogP contribution in [0.2, 0.25) is 0 Å². The van der Waals surface area contributed by atoms with Crippen LogP contribution in [-0.2, 0) is 13.1 Å². The third-order valence-corrected chi connectivity index (χ3v) is 5.80. The Balaban J connectivity index is 1.43. The van der Waals surface area contributed by atoms with Gasteiger partial charge in [0.15, 0.2) is 0 Å². The number of rotatable bonds is 6. The summed E-state index contributed by atoms with van der Waals surface area (Å²) in [5.74, 6) is -0.155. The van der Waals surface area contributed by atoms with E-state index in [0.29, 0.717) is 18.8 Å². The maximum Gasteiger partial charge on any atom is 0.271 e. The van der Waals surface area contributed by atoms with Gasteiger partial charge < -0.3 is 5.32 Å². The van der Waals surface area contributed by atoms with E-state index in [4.69, 9.17) is 0 Å². The maximum atomic E-state index is 12.4. The van der Waals surface area contributed by atoms with Crippen molar-refractivity contribution in [1.29, 1.82) is 0 Å². The molecule has 0 saturated heterocycles. The first-order valence-electron chi connectivity index (χ1n) is 8.11. The lowest BCUT2D eigenvalue weighted by Gasteiger charge is -2.10. The molecule has 1 aromatic carbocycles. The summed E-state index contributed by atoms with van der Waals surface area (Å²) in [6.45, 7) is 1.14. The van der Waals surface area contributed by atoms with Gasteiger partial charge in [0.25, 0.3) is 5.91 Å². The highest BCUT2D eigenvalue weighted by molar-refractivity contribution is 7.20. The molecule has 1 N–H and O–H groups in total. The van der Waals surface area contributed by atoms with E-state index in [9.17, 15) is 4.79 Å². The maximum absolute atomic E-state index is 12.4. The molecule has 0 fully saturated rings. The SMILES string of the molecule is O=C(NCc1ccccc1Cn1cccn1)c1csc(-c2cccs2)n1. The van der Waals surface area contributed by atoms with E-state index in [2.05, 4.69) is 21.5 Å². The summed E-state index contributed by atoms with van der Waals surface area (Å²) < 4.78 is 1.87. The summed E-state index contributed by atoms with van der Waals surface area (Å²) in [7, 11) is 0. The van der Waals surface area contributed by atoms with Gasteiger partial charge in [0.05, 0.1) is 11.4 Å². The van der Waals surface area contributed by atoms with E-state index in [1.165, 1.54) is 11.3 Å². The number of carbonyl (C=O) groups excluding carboxylic acids is 1. The number of benzene rings is 1. The van der Waals surface area contributed by atoms with Crippen molar-refractivity contribution < 1.29 is 4.79 Å². The van der Waals surface area contributed by atoms with Gasteiger partial charge in [-0.3, -0.25) is 9.48 Å². The van der Waals surface area contributed by atoms with Crippen LogP contribution in [0.5, 0.6) is 0 Å². The standard InChI is InChI=1S/C19H16N4OS2/c24-18(16-13-26-19(22-16)17-7-3-10-25-17)20-11-14-5-1-2-6-15(14)12-23-9-4-8-21-23/h1-10,13H,11-12H2,(H,20,24). The zero-order chi connectivity index (χ0) is 17.8. The molecule has 0 bridgehead atoms. The van der Waals surface area contributed by atoms with Crippen molar-refractivity contribution in [3.8, 4) is 9.88 Å². The van der Waals surface area contributed by atoms with Crippen LogP contribution >= 0.6 is 22.7 Å². The number of amides is 1. The van der Waals surface area contributed by atoms with Crippen molar-refractivity contribution in [2.24, 2.45) is 0 Å². The third kappa shape index (κ3) is 3.74. The van der Waals surface area contributed by atoms with Crippen molar-refractivity contribution in [2.75, 3.05) is 0 Å². The lowest BCUT2D eigenvalue weighted by molar-refractivity contribution is 0.0946. The third-order valence-electron chi connectivity index (χ3n) is 3.92. The number of aromatic nitrogens is 3. The average Bonchev–Trinajstić information content (AvgIpc) is 3.41. The number of hydrogen-bond acceptors (Lipinski definition) is 5. The quantitative estimate of drug-likeness (QED) is 0.549. The van der Waals surface area contributed by atoms with E-state index < -0.39 is 0 Å². The first kappa shape index (κ1) is 16.7. The summed E-state index contributed by atoms with van der Waals surface area (Å²) in [6, 6.07) is 14.0. The minimum Gasteiger partial charge on any atom is -0.347 e. The largest absolute Gasteiger partial charge is 0.347 e. The van der Waals surface area contributed by atoms with Crippen LogP contribution < -0.4 is 5.32 Å². The van der Waals surface area contributed by atoms with Gasteiger partial charge in [0, 0.05) is 24.3 Å². The summed E-state index contributed by atoms with van der Waals surface area (Å²) in [4.78, 5) is 18.0. The van der Waals surface area contributed by atoms with E-state index >= 15 is 0 Å². The zero-order valence-electron chi connectivity index (χ0n) is 13.8. The monoisotopic (exact) mass is 380 g/mol. The Labute approximate surface area is 159 Å². The first-order chi connectivity index (χ1) is 12.8. The molecule has 130 valence electrons. The molecule has 0 aliphatic rings. The molecule has 0 spiro atoms. The Morgan fingerprint density at radius 1 is 1.08 bits per heavy atom. The van der Waals surface area contributed by atoms with Crippen molar-refractivity contribution in [1.82, 2.24) is 20.1 Å². The van der Waals surface area contributed by atoms with Gasteiger partial charge in [0.1, 0.15) is 10.7 Å². The second kappa shape index (κ2) is 7.63. The van der Waals surface area contributed by atoms with Crippen LogP contribution in [0, 0.1) is 0 Å². The Morgan fingerprint density at radius 3 is 2.73 bits per heavy atom. The summed E-state index contributed by atoms with van der Waals surface area (Å²) in [6.07, 6.45) is 3.69. The lowest BCUT2D eigenvalue weighted by atomic mass is 10.1. The van der Waals surface area contributed by atoms with Crippen LogP contribution in [0.4, 0.5) is 0 Å². The highest BCUT2D eigenvalue weighted by atomic mass is 32.1. The molecule has 1 amide bonds. The summed E-state index contributed by atoms with van der Waals surface area (Å²) >= 11 is 3.11. The van der Waals surface area contributed by atoms with Gasteiger partial charge in [-0.1, -0.05) is 30.3 Å². The fourth-order valence-electron chi connectivity index (χ4n) is 2.61. The Hall–Kier alpha value is -2.77. The minimum absolute atomic E-state index is 0.155. The van der Waals surface area contributed by atoms with Crippen LogP contribution in [0.25, 0.3) is 9.88 Å². The van der Waals surface area contributed by atoms with E-state index in [1.54, 1.807) is 22.9 Å². The van der Waals surface area contributed by atoms with Gasteiger partial charge in [-0.05, 0) is 28.6 Å². The van der Waals surface area contributed by atoms with Gasteiger partial charge >= 0.3 is 0 Å². The normalized spacial score (nSPS) is 10.8. The molecule has 26 heavy (non-hydrogen) atoms. The Kier molecular flexibility index (Phi) is 4.90. The zero-order valence-corrected chi connectivity index (χ0v) is 15.5. The number of thiophene rings is 1. The molecule has 0 radical (unpaired) electrons. The molecule has 0 unspecified atom stereocenters. The molecule has 4 rings (SSSR count). The Morgan fingerprint density at radius 2 is 1.96 bits per heavy atom. The fourth-order valence-corrected chi connectivity index (χ4v) is 4.22. The second-order valence-electron chi connectivity index (χ2n) is 5.67. The number of nitrogens with zero attached hydrogens (tertiary/aromatic N) is 3. The first-order valence-corrected chi connectivity index (χ1v) is 9.87. The summed E-state index contributed by atoms with van der Waals surface area (Å²) in [5.41, 5.74) is 2.67. The number of nitrogens with one attached hydrogen (secondary N) is 1. The van der Waals surface area contributed by atoms with Gasteiger partial charge in [-0.2, -0.15) is 5.10 Å². The Bertz CT molecular complexity index is 990. The minimum atomic E-state index is -0.155. The van der Waals surface area contributed by atoms with Gasteiger partial charge in [-0.25, -0.2) is 4.98 Å². The number of hydrogen-bond donors (Lipinski definition) is 1. The molecule has 5 nitrogen and oxygen atoms in total. The van der Waals surface area contributed by atoms with Crippen LogP contribution in [-0.4, -0.2) is 20.7 Å². The van der Waals surface area contributed by atoms with Crippen LogP contribution in [0.15, 0.2) is 65.6 Å². The van der Waals surface area contributed by atoms with Crippen molar-refractivity contribution in [3.63, 3.8) is 0 Å². The van der Waals surface area contributed by atoms with Gasteiger partial charge in [-0.15, -0.1) is 22.7 Å². The molecule has 7 heteroatoms. The number of thiazole rings is 1. The fraction of sp³-hybridized carbons (Fsp3) is 0.105. The summed E-state index contributed by atoms with van der Waals surface area (Å²) in [5, 5.41) is 11.9. The highest BCUT2D eigenvalue weighted by Crippen LogP contribution is 2.27. The highest BCUT2D eigenvalue weighted by Gasteiger charge is 2.13. The second-order valence-corrected chi connectivity index (χ2v) is 7.48. The van der Waals surface area contributed by atoms with E-state index in [1.807, 2.05) is 52.7 Å². The smallest absolute Gasteiger partial charge is 0.271 e. The van der Waals surface area contributed by atoms with Gasteiger partial charge in [0.2, 0.25) is 0 Å². The molecule has 0 aliphatic heterocycles. The average molecular weight is 380 g/mol. The van der Waals surface area contributed by atoms with Crippen LogP contribution in [0.1, 0.15) is 21.6 Å². The van der Waals surface area contributed by atoms with Crippen molar-refractivity contribution in [3.05, 3.63) is 82.4 Å². The molecular formula is C19H16N4OS2. The molecule has 4 aromatic rings. The molecule has 0 atom stereocenters. The number of carbonyl (C=O) groups is 1. The molecule has 0 aliphatic carbocycles. The van der Waals surface area contributed by atoms with E-state index in [-0.39, 0.29) is 5.91 Å². The van der Waals surface area contributed by atoms with Crippen molar-refractivity contribution in [2.45, 2.75) is 13.1 Å². The predicted molar refractivity (Wildman–Crippen MR) is 104 cm³/mol. The molecular weight excluding hydrogens is 364 g/mol. The topological polar surface area (TPSA) is 59.8 Å². The lowest BCUT2D eigenvalue weighted by Crippen LogP contribution is -2.24. The van der Waals surface area contributed by atoms with E-state index in [0.717, 1.165) is 21.0 Å². The molecule has 3 heterocycles. The molecule has 3 aromatic heterocycles. The molecule has 0 saturated carbocycles. The van der Waals surface area contributed by atoms with Crippen LogP contribution in [0.3, 0.4) is 0 Å². The van der Waals surface area contributed by atoms with Crippen molar-refractivity contribution >= 4 is 28.6 Å².